The summed E-state index contributed by atoms with van der Waals surface area (Å²) in [6.45, 7) is 6.01. The molecule has 0 spiro atoms. The number of nitrogens with two attached hydrogens (primary N) is 1. The molecule has 234 valence electrons. The maximum Gasteiger partial charge on any atom is 0.255 e. The molecule has 8 nitrogen and oxygen atoms in total. The number of halogens is 1. The molecular formula is C32H54ClN3O5. The second-order valence-corrected chi connectivity index (χ2v) is 12.3. The Morgan fingerprint density at radius 1 is 1.02 bits per heavy atom. The molecule has 2 aliphatic carbocycles. The number of aliphatic hydroxyl groups excluding tert-OH is 1. The minimum absolute atomic E-state index is 0. The van der Waals surface area contributed by atoms with Crippen LogP contribution in [-0.4, -0.2) is 62.5 Å². The third-order valence-corrected chi connectivity index (χ3v) is 9.23. The molecule has 0 aliphatic heterocycles. The molecule has 0 saturated heterocycles. The van der Waals surface area contributed by atoms with E-state index in [1.54, 1.807) is 13.2 Å². The van der Waals surface area contributed by atoms with Gasteiger partial charge in [-0.15, -0.1) is 12.4 Å². The first-order valence-electron chi connectivity index (χ1n) is 15.5. The summed E-state index contributed by atoms with van der Waals surface area (Å²) in [5, 5.41) is 16.9. The summed E-state index contributed by atoms with van der Waals surface area (Å²) in [5.41, 5.74) is 6.70. The summed E-state index contributed by atoms with van der Waals surface area (Å²) in [5.74, 6) is 1.29. The fraction of sp³-hybridized carbons (Fsp3) is 0.750. The average molecular weight is 596 g/mol. The van der Waals surface area contributed by atoms with E-state index in [0.29, 0.717) is 43.4 Å². The van der Waals surface area contributed by atoms with Crippen molar-refractivity contribution >= 4 is 24.2 Å². The Morgan fingerprint density at radius 2 is 1.71 bits per heavy atom. The molecule has 9 heteroatoms. The molecule has 0 radical (unpaired) electrons. The zero-order valence-corrected chi connectivity index (χ0v) is 26.2. The minimum atomic E-state index is -0.836. The molecule has 0 aromatic heterocycles. The standard InChI is InChI=1S/C32H53N3O5.ClH/c1-23(2)24(21-34-30(37)26-14-7-8-15-29(26)40-19-10-9-18-39-3)20-27(33)28(36)22-35-31(38)32(16-11-17-32)25-12-5-4-6-13-25;/h7-8,14-15,23-25,27-28,36H,4-6,9-13,16-22,33H2,1-3H3,(H,34,37)(H,35,38);1H/t24-,27+,28+;/m1./s1. The summed E-state index contributed by atoms with van der Waals surface area (Å²) in [6.07, 6.45) is 10.5. The molecule has 0 heterocycles. The Bertz CT molecular complexity index is 920. The van der Waals surface area contributed by atoms with Crippen molar-refractivity contribution in [3.63, 3.8) is 0 Å². The number of para-hydroxylation sites is 1. The molecule has 2 fully saturated rings. The van der Waals surface area contributed by atoms with Crippen LogP contribution >= 0.6 is 12.4 Å². The van der Waals surface area contributed by atoms with E-state index < -0.39 is 12.1 Å². The normalized spacial score (nSPS) is 18.9. The number of nitrogens with one attached hydrogen (secondary N) is 2. The first-order chi connectivity index (χ1) is 19.3. The highest BCUT2D eigenvalue weighted by Gasteiger charge is 2.49. The van der Waals surface area contributed by atoms with Crippen LogP contribution in [0.2, 0.25) is 0 Å². The van der Waals surface area contributed by atoms with Gasteiger partial charge in [0.2, 0.25) is 5.91 Å². The van der Waals surface area contributed by atoms with Crippen molar-refractivity contribution in [2.75, 3.05) is 33.4 Å². The monoisotopic (exact) mass is 595 g/mol. The number of hydrogen-bond acceptors (Lipinski definition) is 6. The Balaban J connectivity index is 0.00000588. The van der Waals surface area contributed by atoms with Gasteiger partial charge in [0.15, 0.2) is 0 Å². The lowest BCUT2D eigenvalue weighted by atomic mass is 9.57. The fourth-order valence-electron chi connectivity index (χ4n) is 6.29. The van der Waals surface area contributed by atoms with Crippen LogP contribution in [-0.2, 0) is 9.53 Å². The largest absolute Gasteiger partial charge is 0.493 e. The molecule has 2 saturated carbocycles. The average Bonchev–Trinajstić information content (AvgIpc) is 2.93. The van der Waals surface area contributed by atoms with Gasteiger partial charge in [0, 0.05) is 32.8 Å². The smallest absolute Gasteiger partial charge is 0.255 e. The van der Waals surface area contributed by atoms with E-state index in [0.717, 1.165) is 44.9 Å². The van der Waals surface area contributed by atoms with Crippen molar-refractivity contribution in [3.8, 4) is 5.75 Å². The Hall–Kier alpha value is -1.87. The number of carbonyl (C=O) groups excluding carboxylic acids is 2. The van der Waals surface area contributed by atoms with E-state index in [-0.39, 0.29) is 48.0 Å². The first kappa shape index (κ1) is 35.3. The van der Waals surface area contributed by atoms with Crippen LogP contribution in [0.4, 0.5) is 0 Å². The number of rotatable bonds is 17. The molecule has 1 aromatic rings. The predicted molar refractivity (Wildman–Crippen MR) is 165 cm³/mol. The molecule has 3 atom stereocenters. The highest BCUT2D eigenvalue weighted by atomic mass is 35.5. The van der Waals surface area contributed by atoms with E-state index in [9.17, 15) is 14.7 Å². The van der Waals surface area contributed by atoms with E-state index in [1.165, 1.54) is 19.3 Å². The van der Waals surface area contributed by atoms with Crippen LogP contribution in [0.3, 0.4) is 0 Å². The molecule has 0 unspecified atom stereocenters. The Labute approximate surface area is 253 Å². The molecular weight excluding hydrogens is 542 g/mol. The van der Waals surface area contributed by atoms with E-state index in [4.69, 9.17) is 15.2 Å². The van der Waals surface area contributed by atoms with Crippen molar-refractivity contribution in [2.24, 2.45) is 28.9 Å². The van der Waals surface area contributed by atoms with Gasteiger partial charge in [0.05, 0.1) is 23.7 Å². The number of amides is 2. The highest BCUT2D eigenvalue weighted by molar-refractivity contribution is 5.96. The maximum absolute atomic E-state index is 13.2. The number of methoxy groups -OCH3 is 1. The van der Waals surface area contributed by atoms with E-state index >= 15 is 0 Å². The van der Waals surface area contributed by atoms with E-state index in [2.05, 4.69) is 24.5 Å². The molecule has 41 heavy (non-hydrogen) atoms. The first-order valence-corrected chi connectivity index (χ1v) is 15.5. The van der Waals surface area contributed by atoms with Gasteiger partial charge < -0.3 is 30.9 Å². The van der Waals surface area contributed by atoms with Gasteiger partial charge in [-0.3, -0.25) is 9.59 Å². The van der Waals surface area contributed by atoms with Crippen molar-refractivity contribution < 1.29 is 24.2 Å². The number of carbonyl (C=O) groups is 2. The molecule has 2 amide bonds. The number of aliphatic hydroxyl groups is 1. The maximum atomic E-state index is 13.2. The Kier molecular flexibility index (Phi) is 15.5. The van der Waals surface area contributed by atoms with Crippen LogP contribution in [0.1, 0.15) is 94.8 Å². The second kappa shape index (κ2) is 17.9. The molecule has 5 N–H and O–H groups in total. The summed E-state index contributed by atoms with van der Waals surface area (Å²) in [4.78, 5) is 26.3. The van der Waals surface area contributed by atoms with Crippen LogP contribution in [0.5, 0.6) is 5.75 Å². The zero-order chi connectivity index (χ0) is 29.0. The summed E-state index contributed by atoms with van der Waals surface area (Å²) in [7, 11) is 1.68. The van der Waals surface area contributed by atoms with Gasteiger partial charge in [-0.05, 0) is 74.8 Å². The van der Waals surface area contributed by atoms with E-state index in [1.807, 2.05) is 18.2 Å². The summed E-state index contributed by atoms with van der Waals surface area (Å²) >= 11 is 0. The number of ether oxygens (including phenoxy) is 2. The lowest BCUT2D eigenvalue weighted by molar-refractivity contribution is -0.142. The topological polar surface area (TPSA) is 123 Å². The van der Waals surface area contributed by atoms with Gasteiger partial charge in [0.1, 0.15) is 5.75 Å². The van der Waals surface area contributed by atoms with Crippen molar-refractivity contribution in [2.45, 2.75) is 96.6 Å². The SMILES string of the molecule is COCCCCOc1ccccc1C(=O)NC[C@@H](C[C@H](N)[C@@H](O)CNC(=O)C1(C2CCCCC2)CCC1)C(C)C.Cl. The Morgan fingerprint density at radius 3 is 2.34 bits per heavy atom. The highest BCUT2D eigenvalue weighted by Crippen LogP contribution is 2.52. The zero-order valence-electron chi connectivity index (χ0n) is 25.4. The minimum Gasteiger partial charge on any atom is -0.493 e. The number of unbranched alkanes of at least 4 members (excludes halogenated alkanes) is 1. The lowest BCUT2D eigenvalue weighted by Crippen LogP contribution is -2.54. The number of hydrogen-bond donors (Lipinski definition) is 4. The van der Waals surface area contributed by atoms with Gasteiger partial charge in [0.25, 0.3) is 5.91 Å². The molecule has 3 rings (SSSR count). The molecule has 0 bridgehead atoms. The summed E-state index contributed by atoms with van der Waals surface area (Å²) in [6, 6.07) is 6.77. The lowest BCUT2D eigenvalue weighted by Gasteiger charge is -2.48. The van der Waals surface area contributed by atoms with Gasteiger partial charge in [-0.25, -0.2) is 0 Å². The van der Waals surface area contributed by atoms with Crippen molar-refractivity contribution in [1.82, 2.24) is 10.6 Å². The number of benzene rings is 1. The van der Waals surface area contributed by atoms with Gasteiger partial charge in [-0.2, -0.15) is 0 Å². The molecule has 2 aliphatic rings. The predicted octanol–water partition coefficient (Wildman–Crippen LogP) is 4.86. The molecule has 1 aromatic carbocycles. The van der Waals surface area contributed by atoms with Crippen molar-refractivity contribution in [3.05, 3.63) is 29.8 Å². The van der Waals surface area contributed by atoms with Crippen LogP contribution in [0.15, 0.2) is 24.3 Å². The third-order valence-electron chi connectivity index (χ3n) is 9.23. The quantitative estimate of drug-likeness (QED) is 0.191. The fourth-order valence-corrected chi connectivity index (χ4v) is 6.29. The summed E-state index contributed by atoms with van der Waals surface area (Å²) < 4.78 is 10.9. The third kappa shape index (κ3) is 10.1. The van der Waals surface area contributed by atoms with Crippen LogP contribution in [0, 0.1) is 23.2 Å². The van der Waals surface area contributed by atoms with Crippen LogP contribution < -0.4 is 21.1 Å². The van der Waals surface area contributed by atoms with Gasteiger partial charge >= 0.3 is 0 Å². The second-order valence-electron chi connectivity index (χ2n) is 12.3. The van der Waals surface area contributed by atoms with Crippen LogP contribution in [0.25, 0.3) is 0 Å². The van der Waals surface area contributed by atoms with Crippen molar-refractivity contribution in [1.29, 1.82) is 0 Å². The van der Waals surface area contributed by atoms with Gasteiger partial charge in [-0.1, -0.05) is 51.7 Å².